The number of Topliss-reactive ketones (excluding diaryl/α,β-unsaturated/α-hetero) is 1. The molecule has 0 saturated heterocycles. The summed E-state index contributed by atoms with van der Waals surface area (Å²) in [6, 6.07) is 9.10. The molecular weight excluding hydrogens is 401 g/mol. The lowest BCUT2D eigenvalue weighted by molar-refractivity contribution is -0.0328. The quantitative estimate of drug-likeness (QED) is 0.233. The van der Waals surface area contributed by atoms with Gasteiger partial charge in [0.25, 0.3) is 0 Å². The standard InChI is InChI=1S/C21H23F3N2O2S/c1-5-26(4)13-25-19-11-14(2)18(10-15(19)3)20(27)12-28-16-6-8-17(9-7-16)29-21(22,23)24/h6-11,13H,5,12H2,1-4H3. The van der Waals surface area contributed by atoms with E-state index in [1.807, 2.05) is 38.8 Å². The molecule has 2 rings (SSSR count). The molecule has 2 aromatic carbocycles. The fraction of sp³-hybridized carbons (Fsp3) is 0.333. The van der Waals surface area contributed by atoms with Crippen LogP contribution in [0.2, 0.25) is 0 Å². The Morgan fingerprint density at radius 2 is 1.83 bits per heavy atom. The van der Waals surface area contributed by atoms with Gasteiger partial charge in [-0.3, -0.25) is 4.79 Å². The number of benzene rings is 2. The third kappa shape index (κ3) is 7.12. The first-order valence-electron chi connectivity index (χ1n) is 8.96. The molecule has 0 N–H and O–H groups in total. The molecule has 2 aromatic rings. The molecule has 4 nitrogen and oxygen atoms in total. The minimum atomic E-state index is -4.34. The smallest absolute Gasteiger partial charge is 0.446 e. The Labute approximate surface area is 172 Å². The summed E-state index contributed by atoms with van der Waals surface area (Å²) in [5.74, 6) is 0.128. The van der Waals surface area contributed by atoms with Crippen LogP contribution in [-0.2, 0) is 0 Å². The Kier molecular flexibility index (Phi) is 7.73. The number of aliphatic imine (C=N–C) groups is 1. The first-order valence-corrected chi connectivity index (χ1v) is 9.78. The van der Waals surface area contributed by atoms with Crippen molar-refractivity contribution in [3.63, 3.8) is 0 Å². The summed E-state index contributed by atoms with van der Waals surface area (Å²) in [6.07, 6.45) is 1.74. The van der Waals surface area contributed by atoms with Crippen LogP contribution in [0.25, 0.3) is 0 Å². The Morgan fingerprint density at radius 3 is 2.41 bits per heavy atom. The van der Waals surface area contributed by atoms with Crippen molar-refractivity contribution >= 4 is 29.6 Å². The van der Waals surface area contributed by atoms with E-state index in [1.165, 1.54) is 24.3 Å². The van der Waals surface area contributed by atoms with Gasteiger partial charge in [-0.25, -0.2) is 4.99 Å². The number of thioether (sulfide) groups is 1. The zero-order valence-electron chi connectivity index (χ0n) is 16.7. The summed E-state index contributed by atoms with van der Waals surface area (Å²) in [5.41, 5.74) is -1.36. The summed E-state index contributed by atoms with van der Waals surface area (Å²) >= 11 is -0.194. The second-order valence-electron chi connectivity index (χ2n) is 6.50. The van der Waals surface area contributed by atoms with Gasteiger partial charge in [0.1, 0.15) is 5.75 Å². The van der Waals surface area contributed by atoms with Crippen LogP contribution in [0.15, 0.2) is 46.3 Å². The fourth-order valence-corrected chi connectivity index (χ4v) is 2.99. The second kappa shape index (κ2) is 9.82. The number of carbonyl (C=O) groups is 1. The van der Waals surface area contributed by atoms with Crippen LogP contribution < -0.4 is 4.74 Å². The SMILES string of the molecule is CCN(C)C=Nc1cc(C)c(C(=O)COc2ccc(SC(F)(F)F)cc2)cc1C. The summed E-state index contributed by atoms with van der Waals surface area (Å²) in [7, 11) is 1.93. The van der Waals surface area contributed by atoms with Crippen LogP contribution >= 0.6 is 11.8 Å². The van der Waals surface area contributed by atoms with Gasteiger partial charge < -0.3 is 9.64 Å². The van der Waals surface area contributed by atoms with Gasteiger partial charge in [0.2, 0.25) is 0 Å². The van der Waals surface area contributed by atoms with Gasteiger partial charge in [0.05, 0.1) is 12.0 Å². The van der Waals surface area contributed by atoms with Crippen molar-refractivity contribution in [1.82, 2.24) is 4.90 Å². The molecule has 0 aliphatic rings. The van der Waals surface area contributed by atoms with Gasteiger partial charge in [0, 0.05) is 24.1 Å². The molecule has 0 aliphatic carbocycles. The van der Waals surface area contributed by atoms with E-state index < -0.39 is 5.51 Å². The van der Waals surface area contributed by atoms with Gasteiger partial charge in [-0.1, -0.05) is 0 Å². The molecule has 0 heterocycles. The molecule has 0 unspecified atom stereocenters. The Balaban J connectivity index is 2.03. The number of ketones is 1. The van der Waals surface area contributed by atoms with Crippen molar-refractivity contribution in [3.05, 3.63) is 53.1 Å². The van der Waals surface area contributed by atoms with E-state index >= 15 is 0 Å². The van der Waals surface area contributed by atoms with Crippen LogP contribution in [0.5, 0.6) is 5.75 Å². The molecule has 0 amide bonds. The average molecular weight is 424 g/mol. The number of hydrogen-bond acceptors (Lipinski definition) is 4. The van der Waals surface area contributed by atoms with E-state index in [2.05, 4.69) is 4.99 Å². The Morgan fingerprint density at radius 1 is 1.17 bits per heavy atom. The second-order valence-corrected chi connectivity index (χ2v) is 7.64. The number of ether oxygens (including phenoxy) is 1. The number of halogens is 3. The van der Waals surface area contributed by atoms with Crippen molar-refractivity contribution in [3.8, 4) is 5.75 Å². The van der Waals surface area contributed by atoms with Gasteiger partial charge in [-0.05, 0) is 80.1 Å². The van der Waals surface area contributed by atoms with Crippen LogP contribution in [0.1, 0.15) is 28.4 Å². The van der Waals surface area contributed by atoms with E-state index in [-0.39, 0.29) is 29.0 Å². The number of aryl methyl sites for hydroxylation is 2. The number of alkyl halides is 3. The zero-order valence-corrected chi connectivity index (χ0v) is 17.5. The predicted molar refractivity (Wildman–Crippen MR) is 111 cm³/mol. The highest BCUT2D eigenvalue weighted by Crippen LogP contribution is 2.37. The minimum Gasteiger partial charge on any atom is -0.485 e. The molecule has 156 valence electrons. The van der Waals surface area contributed by atoms with Crippen molar-refractivity contribution in [2.24, 2.45) is 4.99 Å². The molecule has 0 atom stereocenters. The molecule has 29 heavy (non-hydrogen) atoms. The number of nitrogens with zero attached hydrogens (tertiary/aromatic N) is 2. The highest BCUT2D eigenvalue weighted by atomic mass is 32.2. The van der Waals surface area contributed by atoms with Crippen LogP contribution in [0.3, 0.4) is 0 Å². The molecule has 0 fully saturated rings. The highest BCUT2D eigenvalue weighted by Gasteiger charge is 2.29. The maximum absolute atomic E-state index is 12.5. The Bertz CT molecular complexity index is 881. The van der Waals surface area contributed by atoms with Crippen LogP contribution in [0.4, 0.5) is 18.9 Å². The monoisotopic (exact) mass is 424 g/mol. The first-order chi connectivity index (χ1) is 13.6. The van der Waals surface area contributed by atoms with E-state index in [1.54, 1.807) is 12.4 Å². The van der Waals surface area contributed by atoms with E-state index in [4.69, 9.17) is 4.74 Å². The third-order valence-corrected chi connectivity index (χ3v) is 4.90. The van der Waals surface area contributed by atoms with Gasteiger partial charge in [0.15, 0.2) is 12.4 Å². The molecular formula is C21H23F3N2O2S. The Hall–Kier alpha value is -2.48. The molecule has 8 heteroatoms. The van der Waals surface area contributed by atoms with Crippen molar-refractivity contribution < 1.29 is 22.7 Å². The van der Waals surface area contributed by atoms with E-state index in [9.17, 15) is 18.0 Å². The molecule has 0 saturated carbocycles. The maximum Gasteiger partial charge on any atom is 0.446 e. The number of carbonyl (C=O) groups excluding carboxylic acids is 1. The summed E-state index contributed by atoms with van der Waals surface area (Å²) in [5, 5.41) is 0. The van der Waals surface area contributed by atoms with Crippen molar-refractivity contribution in [1.29, 1.82) is 0 Å². The summed E-state index contributed by atoms with van der Waals surface area (Å²) in [4.78, 5) is 19.0. The molecule has 0 aromatic heterocycles. The first kappa shape index (κ1) is 22.8. The summed E-state index contributed by atoms with van der Waals surface area (Å²) in [6.45, 7) is 6.37. The van der Waals surface area contributed by atoms with Crippen LogP contribution in [-0.4, -0.2) is 42.7 Å². The van der Waals surface area contributed by atoms with Gasteiger partial charge >= 0.3 is 5.51 Å². The number of hydrogen-bond donors (Lipinski definition) is 0. The van der Waals surface area contributed by atoms with Crippen LogP contribution in [0, 0.1) is 13.8 Å². The van der Waals surface area contributed by atoms with E-state index in [0.29, 0.717) is 11.3 Å². The lowest BCUT2D eigenvalue weighted by Gasteiger charge is -2.12. The topological polar surface area (TPSA) is 41.9 Å². The average Bonchev–Trinajstić information content (AvgIpc) is 2.66. The lowest BCUT2D eigenvalue weighted by atomic mass is 10.0. The molecule has 0 aliphatic heterocycles. The molecule has 0 spiro atoms. The number of rotatable bonds is 8. The maximum atomic E-state index is 12.5. The molecule has 0 radical (unpaired) electrons. The minimum absolute atomic E-state index is 0.0625. The predicted octanol–water partition coefficient (Wildman–Crippen LogP) is 5.79. The largest absolute Gasteiger partial charge is 0.485 e. The lowest BCUT2D eigenvalue weighted by Crippen LogP contribution is -2.14. The third-order valence-electron chi connectivity index (χ3n) is 4.16. The van der Waals surface area contributed by atoms with Crippen molar-refractivity contribution in [2.45, 2.75) is 31.2 Å². The van der Waals surface area contributed by atoms with Gasteiger partial charge in [-0.2, -0.15) is 13.2 Å². The highest BCUT2D eigenvalue weighted by molar-refractivity contribution is 8.00. The van der Waals surface area contributed by atoms with E-state index in [0.717, 1.165) is 23.4 Å². The molecule has 0 bridgehead atoms. The van der Waals surface area contributed by atoms with Gasteiger partial charge in [-0.15, -0.1) is 0 Å². The normalized spacial score (nSPS) is 11.7. The van der Waals surface area contributed by atoms with Crippen molar-refractivity contribution in [2.75, 3.05) is 20.2 Å². The summed E-state index contributed by atoms with van der Waals surface area (Å²) < 4.78 is 42.5. The fourth-order valence-electron chi connectivity index (χ4n) is 2.45. The zero-order chi connectivity index (χ0) is 21.6.